The first-order chi connectivity index (χ1) is 12.8. The maximum absolute atomic E-state index is 12.5. The fourth-order valence-corrected chi connectivity index (χ4v) is 3.99. The van der Waals surface area contributed by atoms with Gasteiger partial charge in [-0.15, -0.1) is 13.2 Å². The van der Waals surface area contributed by atoms with Gasteiger partial charge in [-0.1, -0.05) is 30.4 Å². The molecule has 0 bridgehead atoms. The molecule has 0 aromatic heterocycles. The zero-order valence-electron chi connectivity index (χ0n) is 13.9. The Kier molecular flexibility index (Phi) is 4.05. The van der Waals surface area contributed by atoms with Crippen molar-refractivity contribution in [2.24, 2.45) is 5.92 Å². The fourth-order valence-electron chi connectivity index (χ4n) is 3.99. The number of fused-ring (bicyclic) bond motifs is 3. The summed E-state index contributed by atoms with van der Waals surface area (Å²) in [5.74, 6) is -0.436. The molecule has 3 atom stereocenters. The lowest BCUT2D eigenvalue weighted by Gasteiger charge is -2.37. The van der Waals surface area contributed by atoms with Gasteiger partial charge in [0.05, 0.1) is 16.5 Å². The topological polar surface area (TPSA) is 64.4 Å². The third-order valence-corrected chi connectivity index (χ3v) is 5.04. The molecule has 0 fully saturated rings. The van der Waals surface area contributed by atoms with E-state index in [-0.39, 0.29) is 29.3 Å². The lowest BCUT2D eigenvalue weighted by Crippen LogP contribution is -2.29. The van der Waals surface area contributed by atoms with Gasteiger partial charge in [0.15, 0.2) is 0 Å². The second-order valence-electron chi connectivity index (χ2n) is 6.59. The number of nitro groups is 1. The standard InChI is InChI=1S/C19H15F3N2O3/c20-19(21,22)27-11-8-9-16-15(10-11)12-5-3-6-13(12)18(23-16)14-4-1-2-7-17(14)24(25)26/h1-5,7-10,12-13,18,23H,6H2. The Hall–Kier alpha value is -3.03. The average Bonchev–Trinajstić information content (AvgIpc) is 3.10. The summed E-state index contributed by atoms with van der Waals surface area (Å²) in [6.07, 6.45) is -0.165. The van der Waals surface area contributed by atoms with E-state index in [4.69, 9.17) is 0 Å². The van der Waals surface area contributed by atoms with Gasteiger partial charge in [-0.2, -0.15) is 0 Å². The summed E-state index contributed by atoms with van der Waals surface area (Å²) in [5.41, 5.74) is 1.95. The molecule has 1 aliphatic heterocycles. The van der Waals surface area contributed by atoms with Crippen molar-refractivity contribution in [3.63, 3.8) is 0 Å². The number of hydrogen-bond donors (Lipinski definition) is 1. The predicted molar refractivity (Wildman–Crippen MR) is 92.6 cm³/mol. The van der Waals surface area contributed by atoms with Gasteiger partial charge in [0, 0.05) is 17.7 Å². The molecule has 5 nitrogen and oxygen atoms in total. The van der Waals surface area contributed by atoms with Gasteiger partial charge in [0.25, 0.3) is 5.69 Å². The number of ether oxygens (including phenoxy) is 1. The van der Waals surface area contributed by atoms with E-state index >= 15 is 0 Å². The predicted octanol–water partition coefficient (Wildman–Crippen LogP) is 5.32. The Morgan fingerprint density at radius 2 is 1.93 bits per heavy atom. The van der Waals surface area contributed by atoms with Gasteiger partial charge in [0.2, 0.25) is 0 Å². The minimum absolute atomic E-state index is 0.0280. The van der Waals surface area contributed by atoms with Crippen LogP contribution in [0.2, 0.25) is 0 Å². The van der Waals surface area contributed by atoms with E-state index in [0.717, 1.165) is 0 Å². The number of nitrogens with one attached hydrogen (secondary N) is 1. The van der Waals surface area contributed by atoms with Crippen LogP contribution < -0.4 is 10.1 Å². The number of benzene rings is 2. The SMILES string of the molecule is O=[N+]([O-])c1ccccc1C1Nc2ccc(OC(F)(F)F)cc2C2C=CCC21. The van der Waals surface area contributed by atoms with Crippen LogP contribution in [0.1, 0.15) is 29.5 Å². The number of nitrogens with zero attached hydrogens (tertiary/aromatic N) is 1. The van der Waals surface area contributed by atoms with Crippen LogP contribution >= 0.6 is 0 Å². The molecular formula is C19H15F3N2O3. The first-order valence-electron chi connectivity index (χ1n) is 8.40. The smallest absolute Gasteiger partial charge is 0.406 e. The molecule has 3 unspecified atom stereocenters. The first kappa shape index (κ1) is 17.4. The van der Waals surface area contributed by atoms with Crippen molar-refractivity contribution >= 4 is 11.4 Å². The van der Waals surface area contributed by atoms with E-state index < -0.39 is 11.3 Å². The summed E-state index contributed by atoms with van der Waals surface area (Å²) >= 11 is 0. The number of nitro benzene ring substituents is 1. The summed E-state index contributed by atoms with van der Waals surface area (Å²) in [5, 5.41) is 14.7. The monoisotopic (exact) mass is 376 g/mol. The van der Waals surface area contributed by atoms with E-state index in [2.05, 4.69) is 10.1 Å². The molecule has 0 spiro atoms. The maximum atomic E-state index is 12.5. The molecule has 0 saturated carbocycles. The van der Waals surface area contributed by atoms with Crippen LogP contribution in [0.5, 0.6) is 5.75 Å². The van der Waals surface area contributed by atoms with Crippen LogP contribution in [0.4, 0.5) is 24.5 Å². The lowest BCUT2D eigenvalue weighted by atomic mass is 9.76. The molecular weight excluding hydrogens is 361 g/mol. The number of para-hydroxylation sites is 1. The van der Waals surface area contributed by atoms with Gasteiger partial charge >= 0.3 is 6.36 Å². The quantitative estimate of drug-likeness (QED) is 0.447. The van der Waals surface area contributed by atoms with Gasteiger partial charge in [-0.25, -0.2) is 0 Å². The Labute approximate surface area is 152 Å². The molecule has 2 aromatic carbocycles. The molecule has 8 heteroatoms. The van der Waals surface area contributed by atoms with Gasteiger partial charge in [-0.3, -0.25) is 10.1 Å². The minimum Gasteiger partial charge on any atom is -0.406 e. The van der Waals surface area contributed by atoms with Crippen molar-refractivity contribution in [1.29, 1.82) is 0 Å². The second kappa shape index (κ2) is 6.29. The van der Waals surface area contributed by atoms with E-state index in [1.54, 1.807) is 18.2 Å². The Balaban J connectivity index is 1.74. The number of anilines is 1. The summed E-state index contributed by atoms with van der Waals surface area (Å²) in [7, 11) is 0. The Bertz CT molecular complexity index is 927. The molecule has 0 saturated heterocycles. The molecule has 2 aromatic rings. The van der Waals surface area contributed by atoms with Crippen LogP contribution in [0.25, 0.3) is 0 Å². The number of rotatable bonds is 3. The highest BCUT2D eigenvalue weighted by molar-refractivity contribution is 5.63. The van der Waals surface area contributed by atoms with E-state index in [9.17, 15) is 23.3 Å². The van der Waals surface area contributed by atoms with Crippen LogP contribution in [0, 0.1) is 16.0 Å². The Morgan fingerprint density at radius 3 is 2.67 bits per heavy atom. The highest BCUT2D eigenvalue weighted by Gasteiger charge is 2.41. The zero-order chi connectivity index (χ0) is 19.2. The van der Waals surface area contributed by atoms with Crippen LogP contribution in [-0.4, -0.2) is 11.3 Å². The van der Waals surface area contributed by atoms with Crippen LogP contribution in [-0.2, 0) is 0 Å². The molecule has 1 N–H and O–H groups in total. The van der Waals surface area contributed by atoms with Crippen molar-refractivity contribution < 1.29 is 22.8 Å². The molecule has 27 heavy (non-hydrogen) atoms. The molecule has 4 rings (SSSR count). The van der Waals surface area contributed by atoms with Gasteiger partial charge < -0.3 is 10.1 Å². The van der Waals surface area contributed by atoms with Crippen molar-refractivity contribution in [3.05, 3.63) is 75.9 Å². The van der Waals surface area contributed by atoms with Crippen molar-refractivity contribution in [3.8, 4) is 5.75 Å². The van der Waals surface area contributed by atoms with Crippen LogP contribution in [0.3, 0.4) is 0 Å². The van der Waals surface area contributed by atoms with E-state index in [1.807, 2.05) is 12.2 Å². The number of alkyl halides is 3. The third kappa shape index (κ3) is 3.22. The van der Waals surface area contributed by atoms with Crippen molar-refractivity contribution in [1.82, 2.24) is 0 Å². The zero-order valence-corrected chi connectivity index (χ0v) is 13.9. The highest BCUT2D eigenvalue weighted by atomic mass is 19.4. The number of allylic oxidation sites excluding steroid dienone is 2. The summed E-state index contributed by atoms with van der Waals surface area (Å²) in [4.78, 5) is 11.0. The fraction of sp³-hybridized carbons (Fsp3) is 0.263. The van der Waals surface area contributed by atoms with E-state index in [1.165, 1.54) is 24.3 Å². The van der Waals surface area contributed by atoms with Crippen molar-refractivity contribution in [2.75, 3.05) is 5.32 Å². The van der Waals surface area contributed by atoms with Gasteiger partial charge in [-0.05, 0) is 36.1 Å². The molecule has 140 valence electrons. The molecule has 1 heterocycles. The third-order valence-electron chi connectivity index (χ3n) is 5.04. The minimum atomic E-state index is -4.76. The average molecular weight is 376 g/mol. The van der Waals surface area contributed by atoms with Gasteiger partial charge in [0.1, 0.15) is 5.75 Å². The summed E-state index contributed by atoms with van der Waals surface area (Å²) in [6.45, 7) is 0. The van der Waals surface area contributed by atoms with E-state index in [0.29, 0.717) is 23.2 Å². The van der Waals surface area contributed by atoms with Crippen LogP contribution in [0.15, 0.2) is 54.6 Å². The normalized spacial score (nSPS) is 23.3. The summed E-state index contributed by atoms with van der Waals surface area (Å²) < 4.78 is 41.6. The molecule has 2 aliphatic rings. The second-order valence-corrected chi connectivity index (χ2v) is 6.59. The highest BCUT2D eigenvalue weighted by Crippen LogP contribution is 2.51. The Morgan fingerprint density at radius 1 is 1.15 bits per heavy atom. The molecule has 0 radical (unpaired) electrons. The maximum Gasteiger partial charge on any atom is 0.573 e. The largest absolute Gasteiger partial charge is 0.573 e. The van der Waals surface area contributed by atoms with Crippen molar-refractivity contribution in [2.45, 2.75) is 24.7 Å². The number of halogens is 3. The summed E-state index contributed by atoms with van der Waals surface area (Å²) in [6, 6.07) is 10.4. The number of hydrogen-bond acceptors (Lipinski definition) is 4. The molecule has 0 amide bonds. The lowest BCUT2D eigenvalue weighted by molar-refractivity contribution is -0.385. The molecule has 1 aliphatic carbocycles. The first-order valence-corrected chi connectivity index (χ1v) is 8.40.